The number of benzene rings is 7. The lowest BCUT2D eigenvalue weighted by atomic mass is 9.98. The average Bonchev–Trinajstić information content (AvgIpc) is 3.79. The first-order chi connectivity index (χ1) is 26.3. The Morgan fingerprint density at radius 2 is 1.15 bits per heavy atom. The van der Waals surface area contributed by atoms with Gasteiger partial charge in [-0.15, -0.1) is 0 Å². The monoisotopic (exact) mass is 621 g/mol. The Balaban J connectivity index is 1.37. The Kier molecular flexibility index (Phi) is 4.64. The van der Waals surface area contributed by atoms with Crippen LogP contribution in [0.2, 0.25) is 0 Å². The van der Waals surface area contributed by atoms with Crippen molar-refractivity contribution in [1.82, 2.24) is 15.0 Å². The molecule has 0 saturated heterocycles. The molecule has 0 spiro atoms. The molecule has 3 aromatic heterocycles. The third-order valence-electron chi connectivity index (χ3n) is 8.65. The highest BCUT2D eigenvalue weighted by Gasteiger charge is 2.21. The summed E-state index contributed by atoms with van der Waals surface area (Å²) in [6.07, 6.45) is 0. The summed E-state index contributed by atoms with van der Waals surface area (Å²) in [5, 5.41) is 3.90. The van der Waals surface area contributed by atoms with Crippen LogP contribution in [0.1, 0.15) is 8.22 Å². The highest BCUT2D eigenvalue weighted by Crippen LogP contribution is 2.41. The molecule has 5 heteroatoms. The van der Waals surface area contributed by atoms with Crippen LogP contribution >= 0.6 is 0 Å². The number of rotatable bonds is 4. The summed E-state index contributed by atoms with van der Waals surface area (Å²) >= 11 is 0. The van der Waals surface area contributed by atoms with Gasteiger partial charge in [0.25, 0.3) is 0 Å². The third-order valence-corrected chi connectivity index (χ3v) is 8.65. The van der Waals surface area contributed by atoms with Gasteiger partial charge < -0.3 is 8.83 Å². The van der Waals surface area contributed by atoms with Crippen molar-refractivity contribution in [2.45, 2.75) is 0 Å². The van der Waals surface area contributed by atoms with E-state index in [9.17, 15) is 2.74 Å². The molecule has 0 radical (unpaired) electrons. The summed E-state index contributed by atoms with van der Waals surface area (Å²) < 4.78 is 66.2. The zero-order chi connectivity index (χ0) is 36.8. The largest absolute Gasteiger partial charge is 0.456 e. The number of hydrogen-bond donors (Lipinski definition) is 0. The second kappa shape index (κ2) is 10.5. The van der Waals surface area contributed by atoms with Crippen LogP contribution in [0.4, 0.5) is 0 Å². The number of hydrogen-bond acceptors (Lipinski definition) is 5. The zero-order valence-corrected chi connectivity index (χ0v) is 25.1. The number of para-hydroxylation sites is 2. The van der Waals surface area contributed by atoms with E-state index in [1.807, 2.05) is 103 Å². The van der Waals surface area contributed by atoms with Crippen molar-refractivity contribution in [2.75, 3.05) is 0 Å². The molecule has 0 amide bonds. The fourth-order valence-electron chi connectivity index (χ4n) is 6.42. The number of nitrogens with zero attached hydrogens (tertiary/aromatic N) is 3. The van der Waals surface area contributed by atoms with Crippen LogP contribution in [0.25, 0.3) is 99.9 Å². The van der Waals surface area contributed by atoms with E-state index in [1.54, 1.807) is 12.1 Å². The van der Waals surface area contributed by atoms with E-state index in [0.717, 1.165) is 21.5 Å². The van der Waals surface area contributed by atoms with Gasteiger partial charge >= 0.3 is 0 Å². The third kappa shape index (κ3) is 4.22. The molecular formula is C43H25N3O2. The van der Waals surface area contributed by atoms with Crippen LogP contribution in [0.3, 0.4) is 0 Å². The molecule has 224 valence electrons. The van der Waals surface area contributed by atoms with Crippen molar-refractivity contribution in [3.05, 3.63) is 152 Å². The van der Waals surface area contributed by atoms with Gasteiger partial charge in [-0.05, 0) is 58.2 Å². The van der Waals surface area contributed by atoms with E-state index >= 15 is 0 Å². The van der Waals surface area contributed by atoms with Crippen molar-refractivity contribution in [2.24, 2.45) is 0 Å². The molecule has 7 aromatic carbocycles. The topological polar surface area (TPSA) is 65.0 Å². The highest BCUT2D eigenvalue weighted by atomic mass is 16.3. The molecular weight excluding hydrogens is 590 g/mol. The molecule has 10 rings (SSSR count). The van der Waals surface area contributed by atoms with Gasteiger partial charge in [-0.1, -0.05) is 115 Å². The van der Waals surface area contributed by atoms with Gasteiger partial charge in [0, 0.05) is 38.2 Å². The van der Waals surface area contributed by atoms with E-state index in [-0.39, 0.29) is 63.1 Å². The predicted octanol–water partition coefficient (Wildman–Crippen LogP) is 11.5. The maximum absolute atomic E-state index is 9.78. The normalized spacial score (nSPS) is 13.5. The molecule has 0 atom stereocenters. The van der Waals surface area contributed by atoms with E-state index in [1.165, 1.54) is 0 Å². The summed E-state index contributed by atoms with van der Waals surface area (Å²) in [6, 6.07) is 34.5. The maximum Gasteiger partial charge on any atom is 0.164 e. The number of fused-ring (bicyclic) bond motifs is 7. The van der Waals surface area contributed by atoms with Crippen molar-refractivity contribution >= 4 is 54.6 Å². The minimum atomic E-state index is -0.463. The summed E-state index contributed by atoms with van der Waals surface area (Å²) in [4.78, 5) is 15.2. The number of aromatic nitrogens is 3. The molecule has 0 unspecified atom stereocenters. The lowest BCUT2D eigenvalue weighted by molar-refractivity contribution is 0.668. The van der Waals surface area contributed by atoms with E-state index < -0.39 is 12.1 Å². The predicted molar refractivity (Wildman–Crippen MR) is 194 cm³/mol. The Labute approximate surface area is 283 Å². The first-order valence-electron chi connectivity index (χ1n) is 18.5. The Bertz CT molecular complexity index is 3190. The first-order valence-corrected chi connectivity index (χ1v) is 15.5. The molecule has 10 aromatic rings. The van der Waals surface area contributed by atoms with Crippen molar-refractivity contribution in [1.29, 1.82) is 0 Å². The van der Waals surface area contributed by atoms with Crippen LogP contribution < -0.4 is 0 Å². The SMILES string of the molecule is [2H]c1c([2H])c([2H])c2c(oc3c([2H])c(-c4ccccc4)c([2H])c(-c4nc(-c5ccc6ccccc6c5)nc(-c5cccc6oc7ccccc7c56)n4)c32)c1[2H]. The molecule has 0 aliphatic carbocycles. The highest BCUT2D eigenvalue weighted by molar-refractivity contribution is 6.14. The van der Waals surface area contributed by atoms with E-state index in [2.05, 4.69) is 0 Å². The van der Waals surface area contributed by atoms with Gasteiger partial charge in [0.15, 0.2) is 17.5 Å². The van der Waals surface area contributed by atoms with Gasteiger partial charge in [0.2, 0.25) is 0 Å². The molecule has 0 aliphatic rings. The lowest BCUT2D eigenvalue weighted by Gasteiger charge is -2.12. The van der Waals surface area contributed by atoms with Gasteiger partial charge in [-0.25, -0.2) is 15.0 Å². The molecule has 5 nitrogen and oxygen atoms in total. The van der Waals surface area contributed by atoms with Crippen molar-refractivity contribution < 1.29 is 17.1 Å². The lowest BCUT2D eigenvalue weighted by Crippen LogP contribution is -2.01. The minimum Gasteiger partial charge on any atom is -0.456 e. The van der Waals surface area contributed by atoms with Crippen molar-refractivity contribution in [3.8, 4) is 45.3 Å². The molecule has 0 N–H and O–H groups in total. The second-order valence-corrected chi connectivity index (χ2v) is 11.5. The summed E-state index contributed by atoms with van der Waals surface area (Å²) in [5.41, 5.74) is 3.57. The van der Waals surface area contributed by atoms with Crippen LogP contribution in [-0.2, 0) is 0 Å². The minimum absolute atomic E-state index is 0.000925. The van der Waals surface area contributed by atoms with Gasteiger partial charge in [-0.3, -0.25) is 0 Å². The van der Waals surface area contributed by atoms with Gasteiger partial charge in [0.1, 0.15) is 22.3 Å². The molecule has 0 fully saturated rings. The quantitative estimate of drug-likeness (QED) is 0.196. The molecule has 48 heavy (non-hydrogen) atoms. The van der Waals surface area contributed by atoms with Gasteiger partial charge in [-0.2, -0.15) is 0 Å². The summed E-state index contributed by atoms with van der Waals surface area (Å²) in [5.74, 6) is 0.707. The fraction of sp³-hybridized carbons (Fsp3) is 0. The molecule has 3 heterocycles. The molecule has 0 aliphatic heterocycles. The van der Waals surface area contributed by atoms with Crippen molar-refractivity contribution in [3.63, 3.8) is 0 Å². The van der Waals surface area contributed by atoms with Crippen LogP contribution in [0, 0.1) is 0 Å². The Hall–Kier alpha value is -6.59. The average molecular weight is 622 g/mol. The second-order valence-electron chi connectivity index (χ2n) is 11.5. The fourth-order valence-corrected chi connectivity index (χ4v) is 6.42. The Morgan fingerprint density at radius 3 is 2.06 bits per heavy atom. The summed E-state index contributed by atoms with van der Waals surface area (Å²) in [7, 11) is 0. The molecule has 0 bridgehead atoms. The standard InChI is InChI=1S/C43H25N3O2/c1-2-11-26(12-3-1)30-24-34(40-32-16-7-9-19-36(32)48-38(40)25-30)43-45-41(29-22-21-27-13-4-5-14-28(27)23-29)44-42(46-43)33-17-10-20-37-39(33)31-15-6-8-18-35(31)47-37/h1-25H/i7D,9D,16D,19D,24D,25D. The smallest absolute Gasteiger partial charge is 0.164 e. The van der Waals surface area contributed by atoms with Gasteiger partial charge in [0.05, 0.1) is 8.22 Å². The van der Waals surface area contributed by atoms with Crippen LogP contribution in [0.5, 0.6) is 0 Å². The number of furan rings is 2. The maximum atomic E-state index is 9.78. The van der Waals surface area contributed by atoms with Crippen LogP contribution in [-0.4, -0.2) is 15.0 Å². The van der Waals surface area contributed by atoms with E-state index in [0.29, 0.717) is 39.5 Å². The first kappa shape index (κ1) is 21.3. The Morgan fingerprint density at radius 1 is 0.438 bits per heavy atom. The summed E-state index contributed by atoms with van der Waals surface area (Å²) in [6.45, 7) is 0. The van der Waals surface area contributed by atoms with E-state index in [4.69, 9.17) is 29.3 Å². The zero-order valence-electron chi connectivity index (χ0n) is 31.1. The molecule has 0 saturated carbocycles. The van der Waals surface area contributed by atoms with Crippen LogP contribution in [0.15, 0.2) is 160 Å².